The molecule has 3 rings (SSSR count). The molecule has 0 bridgehead atoms. The van der Waals surface area contributed by atoms with E-state index >= 15 is 0 Å². The Hall–Kier alpha value is -2.87. The highest BCUT2D eigenvalue weighted by Gasteiger charge is 2.34. The molecule has 0 aromatic heterocycles. The minimum Gasteiger partial charge on any atom is -0.480 e. The summed E-state index contributed by atoms with van der Waals surface area (Å²) in [7, 11) is -3.79. The van der Waals surface area contributed by atoms with Crippen molar-refractivity contribution < 1.29 is 23.1 Å². The third-order valence-corrected chi connectivity index (χ3v) is 5.74. The maximum absolute atomic E-state index is 12.6. The summed E-state index contributed by atoms with van der Waals surface area (Å²) in [5, 5.41) is 8.99. The Balaban J connectivity index is 1.79. The van der Waals surface area contributed by atoms with Gasteiger partial charge in [0.25, 0.3) is 15.9 Å². The molecule has 1 aliphatic carbocycles. The molecule has 1 saturated carbocycles. The van der Waals surface area contributed by atoms with E-state index in [1.54, 1.807) is 25.1 Å². The molecule has 8 heteroatoms. The number of nitrogens with zero attached hydrogens (tertiary/aromatic N) is 1. The molecule has 27 heavy (non-hydrogen) atoms. The Morgan fingerprint density at radius 1 is 1.11 bits per heavy atom. The van der Waals surface area contributed by atoms with Gasteiger partial charge in [-0.05, 0) is 55.7 Å². The first-order valence-electron chi connectivity index (χ1n) is 8.49. The van der Waals surface area contributed by atoms with Gasteiger partial charge in [-0.1, -0.05) is 18.2 Å². The van der Waals surface area contributed by atoms with Crippen LogP contribution in [0.2, 0.25) is 0 Å². The van der Waals surface area contributed by atoms with Gasteiger partial charge in [0.1, 0.15) is 6.54 Å². The van der Waals surface area contributed by atoms with Crippen molar-refractivity contribution in [2.75, 3.05) is 11.3 Å². The van der Waals surface area contributed by atoms with Crippen molar-refractivity contribution in [3.63, 3.8) is 0 Å². The molecule has 2 aromatic carbocycles. The lowest BCUT2D eigenvalue weighted by Crippen LogP contribution is -2.37. The maximum atomic E-state index is 12.6. The zero-order valence-electron chi connectivity index (χ0n) is 14.8. The lowest BCUT2D eigenvalue weighted by Gasteiger charge is -2.20. The summed E-state index contributed by atoms with van der Waals surface area (Å²) in [4.78, 5) is 24.9. The predicted octanol–water partition coefficient (Wildman–Crippen LogP) is 2.49. The van der Waals surface area contributed by atoms with E-state index < -0.39 is 21.9 Å². The van der Waals surface area contributed by atoms with Crippen LogP contribution in [0, 0.1) is 6.92 Å². The minimum absolute atomic E-state index is 0.0264. The molecule has 1 aliphatic rings. The Kier molecular flexibility index (Phi) is 5.18. The third kappa shape index (κ3) is 4.46. The molecule has 0 heterocycles. The van der Waals surface area contributed by atoms with Gasteiger partial charge in [-0.2, -0.15) is 0 Å². The second-order valence-electron chi connectivity index (χ2n) is 6.50. The van der Waals surface area contributed by atoms with Crippen LogP contribution in [-0.4, -0.2) is 42.9 Å². The Morgan fingerprint density at radius 2 is 1.74 bits per heavy atom. The van der Waals surface area contributed by atoms with Gasteiger partial charge in [0.05, 0.1) is 10.6 Å². The first-order valence-corrected chi connectivity index (χ1v) is 9.97. The van der Waals surface area contributed by atoms with Crippen LogP contribution in [0.1, 0.15) is 28.8 Å². The van der Waals surface area contributed by atoms with E-state index in [9.17, 15) is 18.0 Å². The fourth-order valence-corrected chi connectivity index (χ4v) is 3.86. The lowest BCUT2D eigenvalue weighted by molar-refractivity contribution is -0.137. The lowest BCUT2D eigenvalue weighted by atomic mass is 10.2. The van der Waals surface area contributed by atoms with Crippen LogP contribution in [0.3, 0.4) is 0 Å². The average molecular weight is 388 g/mol. The summed E-state index contributed by atoms with van der Waals surface area (Å²) in [5.74, 6) is -1.48. The number of amides is 1. The zero-order chi connectivity index (χ0) is 19.6. The highest BCUT2D eigenvalue weighted by molar-refractivity contribution is 7.92. The number of hydrogen-bond acceptors (Lipinski definition) is 4. The number of rotatable bonds is 7. The molecule has 1 fully saturated rings. The SMILES string of the molecule is Cc1ccccc1NS(=O)(=O)c1ccc(C(=O)N(CC(=O)O)C2CC2)cc1. The fourth-order valence-electron chi connectivity index (χ4n) is 2.73. The predicted molar refractivity (Wildman–Crippen MR) is 100 cm³/mol. The number of aliphatic carboxylic acids is 1. The summed E-state index contributed by atoms with van der Waals surface area (Å²) >= 11 is 0. The normalized spacial score (nSPS) is 13.8. The summed E-state index contributed by atoms with van der Waals surface area (Å²) < 4.78 is 27.6. The number of benzene rings is 2. The van der Waals surface area contributed by atoms with E-state index in [0.29, 0.717) is 5.69 Å². The molecule has 2 aromatic rings. The molecule has 0 unspecified atom stereocenters. The molecular formula is C19H20N2O5S. The van der Waals surface area contributed by atoms with E-state index in [2.05, 4.69) is 4.72 Å². The van der Waals surface area contributed by atoms with Crippen molar-refractivity contribution in [3.8, 4) is 0 Å². The Bertz CT molecular complexity index is 966. The van der Waals surface area contributed by atoms with E-state index in [-0.39, 0.29) is 23.0 Å². The molecule has 2 N–H and O–H groups in total. The van der Waals surface area contributed by atoms with Crippen LogP contribution in [0.25, 0.3) is 0 Å². The number of hydrogen-bond donors (Lipinski definition) is 2. The van der Waals surface area contributed by atoms with Crippen LogP contribution in [0.5, 0.6) is 0 Å². The molecule has 0 atom stereocenters. The van der Waals surface area contributed by atoms with Crippen LogP contribution in [0.4, 0.5) is 5.69 Å². The maximum Gasteiger partial charge on any atom is 0.323 e. The fraction of sp³-hybridized carbons (Fsp3) is 0.263. The standard InChI is InChI=1S/C19H20N2O5S/c1-13-4-2-3-5-17(13)20-27(25,26)16-10-6-14(7-11-16)19(24)21(12-18(22)23)15-8-9-15/h2-7,10-11,15,20H,8-9,12H2,1H3,(H,22,23). The van der Waals surface area contributed by atoms with Gasteiger partial charge in [0.2, 0.25) is 0 Å². The summed E-state index contributed by atoms with van der Waals surface area (Å²) in [6, 6.07) is 12.5. The largest absolute Gasteiger partial charge is 0.480 e. The third-order valence-electron chi connectivity index (χ3n) is 4.36. The molecule has 0 radical (unpaired) electrons. The number of carboxylic acid groups (broad SMARTS) is 1. The number of sulfonamides is 1. The molecule has 142 valence electrons. The van der Waals surface area contributed by atoms with Gasteiger partial charge in [-0.15, -0.1) is 0 Å². The average Bonchev–Trinajstić information content (AvgIpc) is 3.46. The molecular weight excluding hydrogens is 368 g/mol. The molecule has 0 saturated heterocycles. The topological polar surface area (TPSA) is 104 Å². The van der Waals surface area contributed by atoms with E-state index in [4.69, 9.17) is 5.11 Å². The van der Waals surface area contributed by atoms with Crippen LogP contribution in [0.15, 0.2) is 53.4 Å². The van der Waals surface area contributed by atoms with Gasteiger partial charge >= 0.3 is 5.97 Å². The summed E-state index contributed by atoms with van der Waals surface area (Å²) in [6.07, 6.45) is 1.57. The number of aryl methyl sites for hydroxylation is 1. The second kappa shape index (κ2) is 7.40. The van der Waals surface area contributed by atoms with E-state index in [1.807, 2.05) is 6.07 Å². The van der Waals surface area contributed by atoms with E-state index in [0.717, 1.165) is 18.4 Å². The Labute approximate surface area is 157 Å². The zero-order valence-corrected chi connectivity index (χ0v) is 15.6. The number of nitrogens with one attached hydrogen (secondary N) is 1. The number of anilines is 1. The molecule has 0 spiro atoms. The molecule has 1 amide bonds. The number of carbonyl (C=O) groups is 2. The number of carbonyl (C=O) groups excluding carboxylic acids is 1. The first kappa shape index (κ1) is 18.9. The highest BCUT2D eigenvalue weighted by atomic mass is 32.2. The number of para-hydroxylation sites is 1. The monoisotopic (exact) mass is 388 g/mol. The van der Waals surface area contributed by atoms with Gasteiger partial charge in [-0.3, -0.25) is 14.3 Å². The highest BCUT2D eigenvalue weighted by Crippen LogP contribution is 2.28. The second-order valence-corrected chi connectivity index (χ2v) is 8.19. The first-order chi connectivity index (χ1) is 12.8. The molecule has 7 nitrogen and oxygen atoms in total. The summed E-state index contributed by atoms with van der Waals surface area (Å²) in [6.45, 7) is 1.44. The van der Waals surface area contributed by atoms with E-state index in [1.165, 1.54) is 29.2 Å². The van der Waals surface area contributed by atoms with Crippen molar-refractivity contribution in [2.24, 2.45) is 0 Å². The van der Waals surface area contributed by atoms with Crippen molar-refractivity contribution in [3.05, 3.63) is 59.7 Å². The minimum atomic E-state index is -3.79. The van der Waals surface area contributed by atoms with Gasteiger partial charge < -0.3 is 10.0 Å². The van der Waals surface area contributed by atoms with Crippen molar-refractivity contribution >= 4 is 27.6 Å². The van der Waals surface area contributed by atoms with Gasteiger partial charge in [-0.25, -0.2) is 8.42 Å². The molecule has 0 aliphatic heterocycles. The van der Waals surface area contributed by atoms with Crippen molar-refractivity contribution in [1.82, 2.24) is 4.90 Å². The van der Waals surface area contributed by atoms with Gasteiger partial charge in [0, 0.05) is 11.6 Å². The van der Waals surface area contributed by atoms with Crippen molar-refractivity contribution in [1.29, 1.82) is 0 Å². The van der Waals surface area contributed by atoms with Crippen LogP contribution >= 0.6 is 0 Å². The number of carboxylic acids is 1. The van der Waals surface area contributed by atoms with Crippen molar-refractivity contribution in [2.45, 2.75) is 30.7 Å². The van der Waals surface area contributed by atoms with Crippen LogP contribution in [-0.2, 0) is 14.8 Å². The van der Waals surface area contributed by atoms with Crippen LogP contribution < -0.4 is 4.72 Å². The smallest absolute Gasteiger partial charge is 0.323 e. The Morgan fingerprint density at radius 3 is 2.30 bits per heavy atom. The quantitative estimate of drug-likeness (QED) is 0.758. The van der Waals surface area contributed by atoms with Gasteiger partial charge in [0.15, 0.2) is 0 Å². The summed E-state index contributed by atoms with van der Waals surface area (Å²) in [5.41, 5.74) is 1.54.